The zero-order valence-electron chi connectivity index (χ0n) is 14.1. The summed E-state index contributed by atoms with van der Waals surface area (Å²) in [7, 11) is 0. The van der Waals surface area contributed by atoms with E-state index >= 15 is 0 Å². The van der Waals surface area contributed by atoms with Crippen molar-refractivity contribution >= 4 is 22.2 Å². The van der Waals surface area contributed by atoms with Gasteiger partial charge in [-0.25, -0.2) is 4.98 Å². The first-order valence-corrected chi connectivity index (χ1v) is 9.50. The van der Waals surface area contributed by atoms with Crippen LogP contribution in [0.15, 0.2) is 18.2 Å². The predicted octanol–water partition coefficient (Wildman–Crippen LogP) is 3.00. The van der Waals surface area contributed by atoms with Crippen LogP contribution in [-0.2, 0) is 0 Å². The maximum atomic E-state index is 5.87. The molecule has 2 aliphatic heterocycles. The number of hydrogen-bond donors (Lipinski definition) is 1. The van der Waals surface area contributed by atoms with Gasteiger partial charge in [0.05, 0.1) is 17.9 Å². The Balaban J connectivity index is 1.58. The van der Waals surface area contributed by atoms with Gasteiger partial charge in [-0.05, 0) is 51.1 Å². The molecule has 0 radical (unpaired) electrons. The highest BCUT2D eigenvalue weighted by molar-refractivity contribution is 7.15. The minimum absolute atomic E-state index is 0.627. The van der Waals surface area contributed by atoms with Gasteiger partial charge in [0.25, 0.3) is 0 Å². The monoisotopic (exact) mass is 344 g/mol. The largest absolute Gasteiger partial charge is 0.490 e. The second kappa shape index (κ2) is 6.61. The number of fused-ring (bicyclic) bond motifs is 1. The molecular weight excluding hydrogens is 320 g/mol. The van der Waals surface area contributed by atoms with Gasteiger partial charge in [-0.2, -0.15) is 0 Å². The summed E-state index contributed by atoms with van der Waals surface area (Å²) >= 11 is 1.54. The van der Waals surface area contributed by atoms with Gasteiger partial charge in [-0.1, -0.05) is 0 Å². The first-order chi connectivity index (χ1) is 11.7. The predicted molar refractivity (Wildman–Crippen MR) is 100 cm³/mol. The van der Waals surface area contributed by atoms with Gasteiger partial charge < -0.3 is 20.3 Å². The highest BCUT2D eigenvalue weighted by Crippen LogP contribution is 2.37. The molecule has 0 spiro atoms. The van der Waals surface area contributed by atoms with E-state index in [1.807, 2.05) is 0 Å². The summed E-state index contributed by atoms with van der Waals surface area (Å²) in [6.45, 7) is 8.45. The summed E-state index contributed by atoms with van der Waals surface area (Å²) in [6.07, 6.45) is 2.68. The number of aromatic nitrogens is 1. The summed E-state index contributed by atoms with van der Waals surface area (Å²) in [6, 6.07) is 6.37. The Bertz CT molecular complexity index is 724. The Morgan fingerprint density at radius 1 is 1.21 bits per heavy atom. The third-order valence-electron chi connectivity index (χ3n) is 4.89. The Morgan fingerprint density at radius 3 is 2.79 bits per heavy atom. The van der Waals surface area contributed by atoms with Crippen molar-refractivity contribution in [1.29, 1.82) is 0 Å². The summed E-state index contributed by atoms with van der Waals surface area (Å²) in [5.74, 6) is 0.979. The number of hydrogen-bond acceptors (Lipinski definition) is 6. The van der Waals surface area contributed by atoms with Gasteiger partial charge in [0.1, 0.15) is 12.4 Å². The number of nitrogens with two attached hydrogens (primary N) is 1. The number of nitrogen functional groups attached to an aromatic ring is 1. The van der Waals surface area contributed by atoms with Crippen molar-refractivity contribution in [1.82, 2.24) is 9.88 Å². The number of ether oxygens (including phenoxy) is 1. The standard InChI is InChI=1S/C18H24N4OS/c1-13-17(20-18(19)24-13)14-4-5-16-15(12-14)22(10-11-23-16)9-8-21-6-2-3-7-21/h4-5,12H,2-3,6-11H2,1H3,(H2,19,20). The quantitative estimate of drug-likeness (QED) is 0.924. The van der Waals surface area contributed by atoms with Gasteiger partial charge in [0.2, 0.25) is 0 Å². The molecule has 24 heavy (non-hydrogen) atoms. The number of aryl methyl sites for hydroxylation is 1. The lowest BCUT2D eigenvalue weighted by Crippen LogP contribution is -2.38. The molecule has 2 aliphatic rings. The zero-order valence-corrected chi connectivity index (χ0v) is 14.9. The molecule has 0 unspecified atom stereocenters. The molecule has 1 aromatic carbocycles. The Hall–Kier alpha value is -1.79. The van der Waals surface area contributed by atoms with Gasteiger partial charge in [0, 0.05) is 23.5 Å². The minimum atomic E-state index is 0.627. The van der Waals surface area contributed by atoms with Crippen LogP contribution >= 0.6 is 11.3 Å². The number of rotatable bonds is 4. The van der Waals surface area contributed by atoms with Crippen LogP contribution in [0.3, 0.4) is 0 Å². The van der Waals surface area contributed by atoms with E-state index in [0.717, 1.165) is 48.1 Å². The first-order valence-electron chi connectivity index (χ1n) is 8.68. The number of benzene rings is 1. The lowest BCUT2D eigenvalue weighted by atomic mass is 10.1. The number of nitrogens with zero attached hydrogens (tertiary/aromatic N) is 3. The molecule has 2 aromatic rings. The van der Waals surface area contributed by atoms with E-state index in [1.165, 1.54) is 31.6 Å². The van der Waals surface area contributed by atoms with Crippen LogP contribution in [-0.4, -0.2) is 49.2 Å². The van der Waals surface area contributed by atoms with E-state index in [1.54, 1.807) is 11.3 Å². The molecule has 1 fully saturated rings. The molecule has 0 amide bonds. The average molecular weight is 344 g/mol. The van der Waals surface area contributed by atoms with E-state index in [9.17, 15) is 0 Å². The normalized spacial score (nSPS) is 17.8. The van der Waals surface area contributed by atoms with Crippen LogP contribution in [0, 0.1) is 6.92 Å². The lowest BCUT2D eigenvalue weighted by Gasteiger charge is -2.32. The Kier molecular flexibility index (Phi) is 4.33. The smallest absolute Gasteiger partial charge is 0.180 e. The maximum absolute atomic E-state index is 5.87. The molecule has 0 aliphatic carbocycles. The molecule has 3 heterocycles. The Labute approximate surface area is 147 Å². The third kappa shape index (κ3) is 3.08. The van der Waals surface area contributed by atoms with Crippen LogP contribution in [0.1, 0.15) is 17.7 Å². The molecule has 1 saturated heterocycles. The first kappa shape index (κ1) is 15.7. The highest BCUT2D eigenvalue weighted by Gasteiger charge is 2.21. The number of anilines is 2. The van der Waals surface area contributed by atoms with E-state index in [4.69, 9.17) is 10.5 Å². The molecule has 0 bridgehead atoms. The van der Waals surface area contributed by atoms with Crippen LogP contribution in [0.25, 0.3) is 11.3 Å². The van der Waals surface area contributed by atoms with Crippen LogP contribution in [0.5, 0.6) is 5.75 Å². The Morgan fingerprint density at radius 2 is 2.04 bits per heavy atom. The van der Waals surface area contributed by atoms with E-state index in [0.29, 0.717) is 5.13 Å². The second-order valence-corrected chi connectivity index (χ2v) is 7.76. The molecule has 1 aromatic heterocycles. The van der Waals surface area contributed by atoms with Crippen molar-refractivity contribution in [3.05, 3.63) is 23.1 Å². The lowest BCUT2D eigenvalue weighted by molar-refractivity contribution is 0.296. The van der Waals surface area contributed by atoms with Crippen molar-refractivity contribution < 1.29 is 4.74 Å². The highest BCUT2D eigenvalue weighted by atomic mass is 32.1. The van der Waals surface area contributed by atoms with E-state index in [-0.39, 0.29) is 0 Å². The van der Waals surface area contributed by atoms with Crippen LogP contribution < -0.4 is 15.4 Å². The average Bonchev–Trinajstić information content (AvgIpc) is 3.21. The topological polar surface area (TPSA) is 54.6 Å². The molecule has 5 nitrogen and oxygen atoms in total. The molecular formula is C18H24N4OS. The molecule has 4 rings (SSSR count). The summed E-state index contributed by atoms with van der Waals surface area (Å²) in [5.41, 5.74) is 9.16. The summed E-state index contributed by atoms with van der Waals surface area (Å²) < 4.78 is 5.85. The third-order valence-corrected chi connectivity index (χ3v) is 5.69. The SMILES string of the molecule is Cc1sc(N)nc1-c1ccc2c(c1)N(CCN1CCCC1)CCO2. The number of thiazole rings is 1. The summed E-state index contributed by atoms with van der Waals surface area (Å²) in [4.78, 5) is 10.7. The maximum Gasteiger partial charge on any atom is 0.180 e. The molecule has 6 heteroatoms. The van der Waals surface area contributed by atoms with Crippen LogP contribution in [0.2, 0.25) is 0 Å². The van der Waals surface area contributed by atoms with Crippen molar-refractivity contribution in [2.24, 2.45) is 0 Å². The fourth-order valence-corrected chi connectivity index (χ4v) is 4.32. The fraction of sp³-hybridized carbons (Fsp3) is 0.500. The van der Waals surface area contributed by atoms with Gasteiger partial charge in [0.15, 0.2) is 5.13 Å². The van der Waals surface area contributed by atoms with E-state index in [2.05, 4.69) is 39.9 Å². The van der Waals surface area contributed by atoms with Crippen LogP contribution in [0.4, 0.5) is 10.8 Å². The molecule has 0 atom stereocenters. The minimum Gasteiger partial charge on any atom is -0.490 e. The zero-order chi connectivity index (χ0) is 16.5. The van der Waals surface area contributed by atoms with Gasteiger partial charge in [-0.3, -0.25) is 0 Å². The van der Waals surface area contributed by atoms with Gasteiger partial charge >= 0.3 is 0 Å². The summed E-state index contributed by atoms with van der Waals surface area (Å²) in [5, 5.41) is 0.627. The van der Waals surface area contributed by atoms with Crippen molar-refractivity contribution in [3.8, 4) is 17.0 Å². The second-order valence-electron chi connectivity index (χ2n) is 6.52. The van der Waals surface area contributed by atoms with Crippen molar-refractivity contribution in [2.45, 2.75) is 19.8 Å². The van der Waals surface area contributed by atoms with Crippen molar-refractivity contribution in [3.63, 3.8) is 0 Å². The molecule has 128 valence electrons. The fourth-order valence-electron chi connectivity index (χ4n) is 3.61. The number of likely N-dealkylation sites (tertiary alicyclic amines) is 1. The molecule has 2 N–H and O–H groups in total. The van der Waals surface area contributed by atoms with Crippen molar-refractivity contribution in [2.75, 3.05) is 50.0 Å². The molecule has 0 saturated carbocycles. The van der Waals surface area contributed by atoms with Gasteiger partial charge in [-0.15, -0.1) is 11.3 Å². The van der Waals surface area contributed by atoms with E-state index < -0.39 is 0 Å².